The Morgan fingerprint density at radius 1 is 1.14 bits per heavy atom. The number of pyridine rings is 2. The summed E-state index contributed by atoms with van der Waals surface area (Å²) in [5.41, 5.74) is 2.33. The summed E-state index contributed by atoms with van der Waals surface area (Å²) in [7, 11) is 0. The smallest absolute Gasteiger partial charge is 0.207 e. The molecule has 3 aromatic heterocycles. The predicted octanol–water partition coefficient (Wildman–Crippen LogP) is 1.75. The van der Waals surface area contributed by atoms with Gasteiger partial charge in [0.05, 0.1) is 17.6 Å². The van der Waals surface area contributed by atoms with Crippen molar-refractivity contribution >= 4 is 0 Å². The third-order valence-electron chi connectivity index (χ3n) is 2.97. The van der Waals surface area contributed by atoms with E-state index in [-0.39, 0.29) is 0 Å². The number of aryl methyl sites for hydroxylation is 1. The number of aromatic nitrogens is 4. The van der Waals surface area contributed by atoms with Crippen molar-refractivity contribution in [3.05, 3.63) is 66.2 Å². The predicted molar refractivity (Wildman–Crippen MR) is 76.6 cm³/mol. The van der Waals surface area contributed by atoms with Crippen LogP contribution in [-0.4, -0.2) is 19.3 Å². The first-order chi connectivity index (χ1) is 10.3. The van der Waals surface area contributed by atoms with Gasteiger partial charge in [0.15, 0.2) is 5.82 Å². The fourth-order valence-corrected chi connectivity index (χ4v) is 1.99. The molecule has 3 rings (SSSR count). The van der Waals surface area contributed by atoms with Crippen LogP contribution in [0.3, 0.4) is 0 Å². The Labute approximate surface area is 121 Å². The molecule has 0 aliphatic heterocycles. The maximum Gasteiger partial charge on any atom is 0.207 e. The minimum absolute atomic E-state index is 0.560. The fourth-order valence-electron chi connectivity index (χ4n) is 1.99. The van der Waals surface area contributed by atoms with Gasteiger partial charge in [0, 0.05) is 12.4 Å². The van der Waals surface area contributed by atoms with Crippen molar-refractivity contribution in [1.82, 2.24) is 19.3 Å². The summed E-state index contributed by atoms with van der Waals surface area (Å²) >= 11 is 0. The summed E-state index contributed by atoms with van der Waals surface area (Å²) in [5, 5.41) is 13.0. The van der Waals surface area contributed by atoms with Crippen LogP contribution in [0.5, 0.6) is 0 Å². The topological polar surface area (TPSA) is 71.8 Å². The van der Waals surface area contributed by atoms with E-state index < -0.39 is 0 Å². The number of hydrogen-bond acceptors (Lipinski definition) is 4. The number of hydrogen-bond donors (Lipinski definition) is 0. The van der Waals surface area contributed by atoms with Crippen LogP contribution < -0.4 is 5.49 Å². The highest BCUT2D eigenvalue weighted by Gasteiger charge is 2.02. The molecule has 0 bridgehead atoms. The first-order valence-electron chi connectivity index (χ1n) is 6.37. The van der Waals surface area contributed by atoms with E-state index in [0.29, 0.717) is 5.49 Å². The third kappa shape index (κ3) is 2.58. The molecule has 0 fully saturated rings. The van der Waals surface area contributed by atoms with Gasteiger partial charge in [-0.15, -0.1) is 0 Å². The quantitative estimate of drug-likeness (QED) is 0.669. The van der Waals surface area contributed by atoms with Gasteiger partial charge >= 0.3 is 0 Å². The van der Waals surface area contributed by atoms with Crippen molar-refractivity contribution in [2.24, 2.45) is 4.99 Å². The molecule has 0 unspecified atom stereocenters. The van der Waals surface area contributed by atoms with Gasteiger partial charge in [-0.25, -0.2) is 9.67 Å². The number of nitriles is 1. The van der Waals surface area contributed by atoms with E-state index in [1.165, 1.54) is 0 Å². The highest BCUT2D eigenvalue weighted by atomic mass is 15.3. The minimum atomic E-state index is 0.560. The van der Waals surface area contributed by atoms with Crippen LogP contribution >= 0.6 is 0 Å². The van der Waals surface area contributed by atoms with Gasteiger partial charge in [0.25, 0.3) is 0 Å². The lowest BCUT2D eigenvalue weighted by atomic mass is 10.3. The lowest BCUT2D eigenvalue weighted by Crippen LogP contribution is -2.17. The van der Waals surface area contributed by atoms with E-state index >= 15 is 0 Å². The van der Waals surface area contributed by atoms with E-state index in [0.717, 1.165) is 17.2 Å². The maximum absolute atomic E-state index is 8.73. The normalized spacial score (nSPS) is 11.3. The first-order valence-corrected chi connectivity index (χ1v) is 6.37. The standard InChI is InChI=1S/C15H12N6/c1-12-7-9-21(19-12)15-6-5-13(10-17-15)20-8-3-2-4-14(20)18-11-16/h2-10H,1H3. The molecular weight excluding hydrogens is 264 g/mol. The SMILES string of the molecule is Cc1ccn(-c2ccc(-n3ccccc3=NC#N)cn2)n1. The van der Waals surface area contributed by atoms with E-state index in [1.807, 2.05) is 49.6 Å². The lowest BCUT2D eigenvalue weighted by molar-refractivity contribution is 0.828. The summed E-state index contributed by atoms with van der Waals surface area (Å²) in [4.78, 5) is 8.19. The molecule has 6 heteroatoms. The zero-order valence-corrected chi connectivity index (χ0v) is 11.4. The minimum Gasteiger partial charge on any atom is -0.300 e. The average Bonchev–Trinajstić information content (AvgIpc) is 2.95. The molecule has 0 amide bonds. The molecule has 0 saturated carbocycles. The summed E-state index contributed by atoms with van der Waals surface area (Å²) in [5.74, 6) is 0.738. The van der Waals surface area contributed by atoms with Crippen LogP contribution in [0.1, 0.15) is 5.69 Å². The highest BCUT2D eigenvalue weighted by molar-refractivity contribution is 5.34. The van der Waals surface area contributed by atoms with Crippen LogP contribution in [0, 0.1) is 18.4 Å². The molecule has 3 aromatic rings. The van der Waals surface area contributed by atoms with Gasteiger partial charge in [0.1, 0.15) is 5.49 Å². The van der Waals surface area contributed by atoms with Gasteiger partial charge in [0.2, 0.25) is 6.19 Å². The Kier molecular flexibility index (Phi) is 3.31. The van der Waals surface area contributed by atoms with Crippen LogP contribution in [0.15, 0.2) is 60.0 Å². The van der Waals surface area contributed by atoms with Crippen molar-refractivity contribution in [1.29, 1.82) is 5.26 Å². The Morgan fingerprint density at radius 3 is 2.71 bits per heavy atom. The molecule has 0 aromatic carbocycles. The number of rotatable bonds is 2. The summed E-state index contributed by atoms with van der Waals surface area (Å²) in [6.07, 6.45) is 7.23. The van der Waals surface area contributed by atoms with Crippen molar-refractivity contribution in [3.8, 4) is 17.7 Å². The van der Waals surface area contributed by atoms with E-state index in [9.17, 15) is 0 Å². The van der Waals surface area contributed by atoms with Gasteiger partial charge in [-0.1, -0.05) is 6.07 Å². The van der Waals surface area contributed by atoms with Crippen molar-refractivity contribution in [2.45, 2.75) is 6.92 Å². The Balaban J connectivity index is 2.03. The van der Waals surface area contributed by atoms with E-state index in [1.54, 1.807) is 27.7 Å². The molecule has 0 aliphatic carbocycles. The summed E-state index contributed by atoms with van der Waals surface area (Å²) in [6, 6.07) is 11.2. The maximum atomic E-state index is 8.73. The molecule has 0 saturated heterocycles. The summed E-state index contributed by atoms with van der Waals surface area (Å²) < 4.78 is 3.52. The third-order valence-corrected chi connectivity index (χ3v) is 2.97. The molecule has 0 spiro atoms. The van der Waals surface area contributed by atoms with Gasteiger partial charge in [-0.3, -0.25) is 4.57 Å². The van der Waals surface area contributed by atoms with E-state index in [4.69, 9.17) is 5.26 Å². The van der Waals surface area contributed by atoms with E-state index in [2.05, 4.69) is 15.1 Å². The van der Waals surface area contributed by atoms with Gasteiger partial charge in [-0.05, 0) is 37.3 Å². The van der Waals surface area contributed by atoms with Crippen LogP contribution in [0.2, 0.25) is 0 Å². The number of nitrogens with zero attached hydrogens (tertiary/aromatic N) is 6. The highest BCUT2D eigenvalue weighted by Crippen LogP contribution is 2.08. The molecule has 3 heterocycles. The van der Waals surface area contributed by atoms with Crippen LogP contribution in [-0.2, 0) is 0 Å². The molecule has 0 radical (unpaired) electrons. The second kappa shape index (κ2) is 5.43. The second-order valence-electron chi connectivity index (χ2n) is 4.42. The Bertz CT molecular complexity index is 864. The molecule has 6 nitrogen and oxygen atoms in total. The monoisotopic (exact) mass is 276 g/mol. The first kappa shape index (κ1) is 12.8. The second-order valence-corrected chi connectivity index (χ2v) is 4.42. The van der Waals surface area contributed by atoms with Crippen molar-refractivity contribution in [3.63, 3.8) is 0 Å². The van der Waals surface area contributed by atoms with Gasteiger partial charge in [-0.2, -0.15) is 15.4 Å². The molecule has 21 heavy (non-hydrogen) atoms. The molecule has 0 atom stereocenters. The molecule has 0 N–H and O–H groups in total. The average molecular weight is 276 g/mol. The Hall–Kier alpha value is -3.20. The molecule has 102 valence electrons. The van der Waals surface area contributed by atoms with Crippen molar-refractivity contribution < 1.29 is 0 Å². The summed E-state index contributed by atoms with van der Waals surface area (Å²) in [6.45, 7) is 1.93. The zero-order chi connectivity index (χ0) is 14.7. The van der Waals surface area contributed by atoms with Crippen molar-refractivity contribution in [2.75, 3.05) is 0 Å². The Morgan fingerprint density at radius 2 is 2.05 bits per heavy atom. The molecular formula is C15H12N6. The lowest BCUT2D eigenvalue weighted by Gasteiger charge is -2.07. The van der Waals surface area contributed by atoms with Crippen LogP contribution in [0.25, 0.3) is 11.5 Å². The van der Waals surface area contributed by atoms with Crippen LogP contribution in [0.4, 0.5) is 0 Å². The van der Waals surface area contributed by atoms with Gasteiger partial charge < -0.3 is 0 Å². The largest absolute Gasteiger partial charge is 0.300 e. The molecule has 0 aliphatic rings. The zero-order valence-electron chi connectivity index (χ0n) is 11.4. The fraction of sp³-hybridized carbons (Fsp3) is 0.0667.